The molecule has 156 valence electrons. The number of rotatable bonds is 4. The largest absolute Gasteiger partial charge is 0.321 e. The van der Waals surface area contributed by atoms with Crippen molar-refractivity contribution in [3.8, 4) is 11.3 Å². The van der Waals surface area contributed by atoms with Gasteiger partial charge in [-0.25, -0.2) is 13.4 Å². The number of aromatic nitrogens is 1. The van der Waals surface area contributed by atoms with Crippen LogP contribution < -0.4 is 5.56 Å². The molecule has 0 amide bonds. The molecule has 1 atom stereocenters. The Bertz CT molecular complexity index is 1310. The molecule has 1 N–H and O–H groups in total. The number of nitrogens with one attached hydrogen (secondary N) is 1. The molecule has 1 aliphatic carbocycles. The maximum absolute atomic E-state index is 13.5. The number of fused-ring (bicyclic) bond motifs is 5. The fourth-order valence-corrected chi connectivity index (χ4v) is 6.55. The van der Waals surface area contributed by atoms with Crippen LogP contribution in [0.1, 0.15) is 37.8 Å². The van der Waals surface area contributed by atoms with Crippen molar-refractivity contribution < 1.29 is 8.42 Å². The lowest BCUT2D eigenvalue weighted by Crippen LogP contribution is -2.47. The van der Waals surface area contributed by atoms with Gasteiger partial charge in [0.15, 0.2) is 0 Å². The topological polar surface area (TPSA) is 73.5 Å². The number of H-pyrrole nitrogens is 1. The molecule has 1 unspecified atom stereocenters. The molecule has 1 saturated heterocycles. The lowest BCUT2D eigenvalue weighted by Gasteiger charge is -2.33. The zero-order chi connectivity index (χ0) is 21.0. The molecule has 2 aliphatic rings. The van der Waals surface area contributed by atoms with E-state index in [1.165, 1.54) is 4.41 Å². The standard InChI is InChI=1S/C23H25N3O3S/c1-3-26(25-12-6-7-15(25)2)30(28,29)17-10-11-18-16(13-17)14-21-19-8-4-5-9-20(19)23(27)24-22(18)21/h4-5,8-11,13,15H,3,6-7,12,14H2,1-2H3,(H,24,27). The van der Waals surface area contributed by atoms with E-state index in [0.717, 1.165) is 47.2 Å². The van der Waals surface area contributed by atoms with Crippen LogP contribution in [-0.4, -0.2) is 42.0 Å². The van der Waals surface area contributed by atoms with Gasteiger partial charge in [-0.15, -0.1) is 4.41 Å². The Labute approximate surface area is 176 Å². The fraction of sp³-hybridized carbons (Fsp3) is 0.348. The molecule has 2 aromatic carbocycles. The summed E-state index contributed by atoms with van der Waals surface area (Å²) in [7, 11) is -3.64. The van der Waals surface area contributed by atoms with E-state index >= 15 is 0 Å². The molecule has 1 fully saturated rings. The number of nitrogens with zero attached hydrogens (tertiary/aromatic N) is 2. The lowest BCUT2D eigenvalue weighted by atomic mass is 10.0. The van der Waals surface area contributed by atoms with Gasteiger partial charge in [0.2, 0.25) is 0 Å². The molecular weight excluding hydrogens is 398 g/mol. The summed E-state index contributed by atoms with van der Waals surface area (Å²) in [6, 6.07) is 13.1. The van der Waals surface area contributed by atoms with Crippen LogP contribution in [0.25, 0.3) is 22.0 Å². The molecule has 0 spiro atoms. The monoisotopic (exact) mass is 423 g/mol. The number of pyridine rings is 1. The van der Waals surface area contributed by atoms with Gasteiger partial charge in [-0.2, -0.15) is 0 Å². The molecular formula is C23H25N3O3S. The average molecular weight is 424 g/mol. The first kappa shape index (κ1) is 19.5. The summed E-state index contributed by atoms with van der Waals surface area (Å²) >= 11 is 0. The zero-order valence-corrected chi connectivity index (χ0v) is 18.0. The number of hydrogen-bond acceptors (Lipinski definition) is 4. The first-order valence-corrected chi connectivity index (χ1v) is 11.9. The summed E-state index contributed by atoms with van der Waals surface area (Å²) in [5.74, 6) is 0. The summed E-state index contributed by atoms with van der Waals surface area (Å²) in [6.07, 6.45) is 2.62. The summed E-state index contributed by atoms with van der Waals surface area (Å²) in [5.41, 5.74) is 3.58. The summed E-state index contributed by atoms with van der Waals surface area (Å²) in [4.78, 5) is 15.8. The van der Waals surface area contributed by atoms with Gasteiger partial charge in [0.1, 0.15) is 0 Å². The maximum Gasteiger partial charge on any atom is 0.256 e. The summed E-state index contributed by atoms with van der Waals surface area (Å²) < 4.78 is 28.4. The van der Waals surface area contributed by atoms with Crippen LogP contribution in [0.4, 0.5) is 0 Å². The number of aromatic amines is 1. The van der Waals surface area contributed by atoms with E-state index in [1.807, 2.05) is 42.3 Å². The zero-order valence-electron chi connectivity index (χ0n) is 17.2. The molecule has 30 heavy (non-hydrogen) atoms. The SMILES string of the molecule is CCN(N1CCCC1C)S(=O)(=O)c1ccc2c(c1)Cc1c-2[nH]c(=O)c2ccccc12. The van der Waals surface area contributed by atoms with Crippen LogP contribution in [-0.2, 0) is 16.4 Å². The van der Waals surface area contributed by atoms with Gasteiger partial charge in [0, 0.05) is 36.5 Å². The molecule has 2 heterocycles. The van der Waals surface area contributed by atoms with Crippen LogP contribution in [0.5, 0.6) is 0 Å². The minimum Gasteiger partial charge on any atom is -0.321 e. The van der Waals surface area contributed by atoms with E-state index in [4.69, 9.17) is 0 Å². The molecule has 5 rings (SSSR count). The number of hydrogen-bond donors (Lipinski definition) is 1. The van der Waals surface area contributed by atoms with E-state index in [9.17, 15) is 13.2 Å². The van der Waals surface area contributed by atoms with Crippen molar-refractivity contribution in [1.82, 2.24) is 14.4 Å². The predicted molar refractivity (Wildman–Crippen MR) is 118 cm³/mol. The summed E-state index contributed by atoms with van der Waals surface area (Å²) in [5, 5.41) is 3.57. The highest BCUT2D eigenvalue weighted by molar-refractivity contribution is 7.89. The Morgan fingerprint density at radius 1 is 1.17 bits per heavy atom. The van der Waals surface area contributed by atoms with E-state index in [0.29, 0.717) is 23.2 Å². The average Bonchev–Trinajstić information content (AvgIpc) is 3.32. The maximum atomic E-state index is 13.5. The van der Waals surface area contributed by atoms with Crippen molar-refractivity contribution in [3.63, 3.8) is 0 Å². The van der Waals surface area contributed by atoms with Crippen molar-refractivity contribution >= 4 is 20.8 Å². The van der Waals surface area contributed by atoms with Gasteiger partial charge in [0.05, 0.1) is 10.6 Å². The van der Waals surface area contributed by atoms with Crippen LogP contribution in [0, 0.1) is 0 Å². The third-order valence-electron chi connectivity index (χ3n) is 6.40. The van der Waals surface area contributed by atoms with Gasteiger partial charge >= 0.3 is 0 Å². The molecule has 7 heteroatoms. The van der Waals surface area contributed by atoms with E-state index in [2.05, 4.69) is 11.9 Å². The van der Waals surface area contributed by atoms with Crippen LogP contribution >= 0.6 is 0 Å². The Hall–Kier alpha value is -2.48. The third-order valence-corrected chi connectivity index (χ3v) is 8.27. The second-order valence-electron chi connectivity index (χ2n) is 8.15. The Kier molecular flexibility index (Phi) is 4.57. The van der Waals surface area contributed by atoms with Crippen LogP contribution in [0.15, 0.2) is 52.2 Å². The predicted octanol–water partition coefficient (Wildman–Crippen LogP) is 3.51. The van der Waals surface area contributed by atoms with Crippen molar-refractivity contribution in [3.05, 3.63) is 63.9 Å². The smallest absolute Gasteiger partial charge is 0.256 e. The Morgan fingerprint density at radius 3 is 2.63 bits per heavy atom. The highest BCUT2D eigenvalue weighted by atomic mass is 32.2. The first-order valence-electron chi connectivity index (χ1n) is 10.5. The molecule has 0 bridgehead atoms. The fourth-order valence-electron chi connectivity index (χ4n) is 4.92. The summed E-state index contributed by atoms with van der Waals surface area (Å²) in [6.45, 7) is 5.12. The normalized spacial score (nSPS) is 18.8. The second kappa shape index (κ2) is 7.04. The van der Waals surface area contributed by atoms with E-state index < -0.39 is 10.0 Å². The number of hydrazine groups is 1. The number of sulfonamides is 1. The number of benzene rings is 2. The van der Waals surface area contributed by atoms with Gasteiger partial charge in [0.25, 0.3) is 15.6 Å². The van der Waals surface area contributed by atoms with Gasteiger partial charge in [-0.3, -0.25) is 4.79 Å². The Morgan fingerprint density at radius 2 is 1.93 bits per heavy atom. The molecule has 0 saturated carbocycles. The van der Waals surface area contributed by atoms with Gasteiger partial charge < -0.3 is 4.98 Å². The van der Waals surface area contributed by atoms with Crippen molar-refractivity contribution in [2.45, 2.75) is 44.0 Å². The Balaban J connectivity index is 1.58. The molecule has 3 aromatic rings. The van der Waals surface area contributed by atoms with Gasteiger partial charge in [-0.1, -0.05) is 24.3 Å². The van der Waals surface area contributed by atoms with Gasteiger partial charge in [-0.05, 0) is 61.4 Å². The molecule has 6 nitrogen and oxygen atoms in total. The van der Waals surface area contributed by atoms with Crippen molar-refractivity contribution in [2.75, 3.05) is 13.1 Å². The highest BCUT2D eigenvalue weighted by Crippen LogP contribution is 2.39. The van der Waals surface area contributed by atoms with Crippen molar-refractivity contribution in [2.24, 2.45) is 0 Å². The van der Waals surface area contributed by atoms with Crippen LogP contribution in [0.3, 0.4) is 0 Å². The molecule has 1 aliphatic heterocycles. The van der Waals surface area contributed by atoms with E-state index in [1.54, 1.807) is 12.1 Å². The second-order valence-corrected chi connectivity index (χ2v) is 9.99. The molecule has 0 radical (unpaired) electrons. The van der Waals surface area contributed by atoms with Crippen molar-refractivity contribution in [1.29, 1.82) is 0 Å². The third kappa shape index (κ3) is 2.84. The lowest BCUT2D eigenvalue weighted by molar-refractivity contribution is 0.0570. The molecule has 1 aromatic heterocycles. The van der Waals surface area contributed by atoms with E-state index in [-0.39, 0.29) is 11.6 Å². The minimum absolute atomic E-state index is 0.117. The first-order chi connectivity index (χ1) is 14.4. The van der Waals surface area contributed by atoms with Crippen LogP contribution in [0.2, 0.25) is 0 Å². The highest BCUT2D eigenvalue weighted by Gasteiger charge is 2.35. The quantitative estimate of drug-likeness (QED) is 0.545. The minimum atomic E-state index is -3.64.